The minimum Gasteiger partial charge on any atom is -0.380 e. The zero-order valence-electron chi connectivity index (χ0n) is 8.45. The first-order chi connectivity index (χ1) is 6.89. The molecule has 81 valence electrons. The Bertz CT molecular complexity index is 331. The lowest BCUT2D eigenvalue weighted by atomic mass is 9.92. The molecule has 1 aromatic rings. The van der Waals surface area contributed by atoms with Gasteiger partial charge >= 0.3 is 0 Å². The van der Waals surface area contributed by atoms with Gasteiger partial charge in [0, 0.05) is 6.42 Å². The van der Waals surface area contributed by atoms with Crippen molar-refractivity contribution in [3.63, 3.8) is 0 Å². The standard InChI is InChI=1S/C12H13F2O/c1-3-11(2,15)12(13,14)9-10-7-5-4-6-8-10/h1,3-8,15H,9H2,2H3. The van der Waals surface area contributed by atoms with Crippen LogP contribution in [0.25, 0.3) is 0 Å². The molecule has 1 radical (unpaired) electrons. The fourth-order valence-corrected chi connectivity index (χ4v) is 1.15. The molecule has 1 unspecified atom stereocenters. The van der Waals surface area contributed by atoms with Crippen molar-refractivity contribution in [2.24, 2.45) is 0 Å². The van der Waals surface area contributed by atoms with Gasteiger partial charge in [0.15, 0.2) is 0 Å². The zero-order chi connectivity index (χ0) is 11.5. The van der Waals surface area contributed by atoms with Gasteiger partial charge in [0.05, 0.1) is 0 Å². The van der Waals surface area contributed by atoms with Crippen molar-refractivity contribution in [2.45, 2.75) is 24.9 Å². The maximum absolute atomic E-state index is 13.5. The third-order valence-electron chi connectivity index (χ3n) is 2.33. The highest BCUT2D eigenvalue weighted by Crippen LogP contribution is 2.32. The molecule has 1 nitrogen and oxygen atoms in total. The van der Waals surface area contributed by atoms with Crippen LogP contribution in [-0.2, 0) is 6.42 Å². The molecule has 3 heteroatoms. The minimum absolute atomic E-state index is 0.463. The molecule has 0 amide bonds. The molecular weight excluding hydrogens is 198 g/mol. The van der Waals surface area contributed by atoms with Crippen LogP contribution in [0.1, 0.15) is 12.5 Å². The lowest BCUT2D eigenvalue weighted by Crippen LogP contribution is -2.45. The van der Waals surface area contributed by atoms with Gasteiger partial charge in [0.25, 0.3) is 5.92 Å². The fourth-order valence-electron chi connectivity index (χ4n) is 1.15. The van der Waals surface area contributed by atoms with E-state index in [1.807, 2.05) is 0 Å². The molecular formula is C12H13F2O. The maximum atomic E-state index is 13.5. The molecule has 0 saturated heterocycles. The molecule has 0 bridgehead atoms. The molecule has 1 N–H and O–H groups in total. The van der Waals surface area contributed by atoms with Gasteiger partial charge in [-0.1, -0.05) is 36.9 Å². The van der Waals surface area contributed by atoms with Crippen molar-refractivity contribution in [1.29, 1.82) is 0 Å². The molecule has 1 aromatic carbocycles. The van der Waals surface area contributed by atoms with E-state index in [1.54, 1.807) is 30.3 Å². The van der Waals surface area contributed by atoms with E-state index in [2.05, 4.69) is 0 Å². The number of halogens is 2. The van der Waals surface area contributed by atoms with Crippen LogP contribution in [-0.4, -0.2) is 16.6 Å². The normalized spacial score (nSPS) is 15.7. The van der Waals surface area contributed by atoms with Gasteiger partial charge in [-0.05, 0) is 18.6 Å². The molecule has 0 fully saturated rings. The summed E-state index contributed by atoms with van der Waals surface area (Å²) >= 11 is 0. The molecule has 0 aromatic heterocycles. The van der Waals surface area contributed by atoms with Crippen LogP contribution in [0.15, 0.2) is 36.4 Å². The van der Waals surface area contributed by atoms with Crippen LogP contribution in [0, 0.1) is 6.58 Å². The Kier molecular flexibility index (Phi) is 3.25. The number of rotatable bonds is 4. The largest absolute Gasteiger partial charge is 0.380 e. The van der Waals surface area contributed by atoms with Crippen LogP contribution in [0.5, 0.6) is 0 Å². The predicted octanol–water partition coefficient (Wildman–Crippen LogP) is 2.60. The SMILES string of the molecule is [CH]=CC(C)(O)C(F)(F)Cc1ccccc1. The second-order valence-electron chi connectivity index (χ2n) is 3.68. The summed E-state index contributed by atoms with van der Waals surface area (Å²) in [6, 6.07) is 8.26. The second kappa shape index (κ2) is 4.11. The van der Waals surface area contributed by atoms with Crippen molar-refractivity contribution in [2.75, 3.05) is 0 Å². The Balaban J connectivity index is 2.86. The smallest absolute Gasteiger partial charge is 0.283 e. The van der Waals surface area contributed by atoms with E-state index in [-0.39, 0.29) is 0 Å². The van der Waals surface area contributed by atoms with Crippen LogP contribution < -0.4 is 0 Å². The molecule has 0 aliphatic rings. The Labute approximate surface area is 88.1 Å². The molecule has 0 saturated carbocycles. The third-order valence-corrected chi connectivity index (χ3v) is 2.33. The number of hydrogen-bond donors (Lipinski definition) is 1. The molecule has 15 heavy (non-hydrogen) atoms. The molecule has 0 spiro atoms. The van der Waals surface area contributed by atoms with Gasteiger partial charge in [-0.2, -0.15) is 0 Å². The van der Waals surface area contributed by atoms with Gasteiger partial charge in [-0.15, -0.1) is 0 Å². The van der Waals surface area contributed by atoms with E-state index in [9.17, 15) is 13.9 Å². The van der Waals surface area contributed by atoms with Gasteiger partial charge in [-0.3, -0.25) is 0 Å². The van der Waals surface area contributed by atoms with Crippen molar-refractivity contribution < 1.29 is 13.9 Å². The highest BCUT2D eigenvalue weighted by atomic mass is 19.3. The summed E-state index contributed by atoms with van der Waals surface area (Å²) in [7, 11) is 0. The van der Waals surface area contributed by atoms with E-state index in [0.29, 0.717) is 11.6 Å². The molecule has 0 heterocycles. The van der Waals surface area contributed by atoms with E-state index >= 15 is 0 Å². The summed E-state index contributed by atoms with van der Waals surface area (Å²) in [6.45, 7) is 5.99. The van der Waals surface area contributed by atoms with E-state index in [1.165, 1.54) is 0 Å². The minimum atomic E-state index is -3.27. The Morgan fingerprint density at radius 3 is 2.33 bits per heavy atom. The Morgan fingerprint density at radius 2 is 1.87 bits per heavy atom. The lowest BCUT2D eigenvalue weighted by molar-refractivity contribution is -0.143. The van der Waals surface area contributed by atoms with Crippen LogP contribution in [0.4, 0.5) is 8.78 Å². The molecule has 1 rings (SSSR count). The summed E-state index contributed by atoms with van der Waals surface area (Å²) in [6.07, 6.45) is 0.0878. The number of alkyl halides is 2. The Hall–Kier alpha value is -1.22. The topological polar surface area (TPSA) is 20.2 Å². The zero-order valence-corrected chi connectivity index (χ0v) is 8.45. The van der Waals surface area contributed by atoms with Crippen LogP contribution >= 0.6 is 0 Å². The number of benzene rings is 1. The average Bonchev–Trinajstić information content (AvgIpc) is 2.18. The van der Waals surface area contributed by atoms with Crippen molar-refractivity contribution in [3.05, 3.63) is 48.6 Å². The van der Waals surface area contributed by atoms with E-state index in [4.69, 9.17) is 6.58 Å². The summed E-state index contributed by atoms with van der Waals surface area (Å²) in [5.74, 6) is -3.27. The van der Waals surface area contributed by atoms with Crippen molar-refractivity contribution in [3.8, 4) is 0 Å². The first kappa shape index (κ1) is 11.9. The van der Waals surface area contributed by atoms with Gasteiger partial charge in [0.2, 0.25) is 0 Å². The molecule has 0 aliphatic heterocycles. The summed E-state index contributed by atoms with van der Waals surface area (Å²) in [4.78, 5) is 0. The molecule has 0 aliphatic carbocycles. The Morgan fingerprint density at radius 1 is 1.33 bits per heavy atom. The summed E-state index contributed by atoms with van der Waals surface area (Å²) in [5.41, 5.74) is -1.83. The van der Waals surface area contributed by atoms with E-state index < -0.39 is 17.9 Å². The second-order valence-corrected chi connectivity index (χ2v) is 3.68. The summed E-state index contributed by atoms with van der Waals surface area (Å²) < 4.78 is 27.1. The van der Waals surface area contributed by atoms with Crippen LogP contribution in [0.3, 0.4) is 0 Å². The highest BCUT2D eigenvalue weighted by Gasteiger charge is 2.46. The molecule has 1 atom stereocenters. The number of aliphatic hydroxyl groups is 1. The van der Waals surface area contributed by atoms with Crippen LogP contribution in [0.2, 0.25) is 0 Å². The van der Waals surface area contributed by atoms with Crippen molar-refractivity contribution in [1.82, 2.24) is 0 Å². The average molecular weight is 211 g/mol. The lowest BCUT2D eigenvalue weighted by Gasteiger charge is -2.29. The van der Waals surface area contributed by atoms with Gasteiger partial charge < -0.3 is 5.11 Å². The quantitative estimate of drug-likeness (QED) is 0.811. The van der Waals surface area contributed by atoms with Gasteiger partial charge in [-0.25, -0.2) is 8.78 Å². The first-order valence-corrected chi connectivity index (χ1v) is 4.59. The van der Waals surface area contributed by atoms with Gasteiger partial charge in [0.1, 0.15) is 5.60 Å². The fraction of sp³-hybridized carbons (Fsp3) is 0.333. The maximum Gasteiger partial charge on any atom is 0.283 e. The highest BCUT2D eigenvalue weighted by molar-refractivity contribution is 5.18. The first-order valence-electron chi connectivity index (χ1n) is 4.59. The van der Waals surface area contributed by atoms with E-state index in [0.717, 1.165) is 6.92 Å². The third kappa shape index (κ3) is 2.63. The summed E-state index contributed by atoms with van der Waals surface area (Å²) in [5, 5.41) is 9.38. The monoisotopic (exact) mass is 211 g/mol. The number of hydrogen-bond acceptors (Lipinski definition) is 1. The predicted molar refractivity (Wildman–Crippen MR) is 54.6 cm³/mol. The van der Waals surface area contributed by atoms with Crippen molar-refractivity contribution >= 4 is 0 Å².